The summed E-state index contributed by atoms with van der Waals surface area (Å²) in [6, 6.07) is 29.9. The maximum atomic E-state index is 11.7. The van der Waals surface area contributed by atoms with Gasteiger partial charge in [0.05, 0.1) is 7.11 Å². The van der Waals surface area contributed by atoms with Gasteiger partial charge in [-0.3, -0.25) is 0 Å². The fourth-order valence-corrected chi connectivity index (χ4v) is 3.45. The Morgan fingerprint density at radius 1 is 0.871 bits per heavy atom. The largest absolute Gasteiger partial charge is 0.465 e. The molecule has 3 aromatic carbocycles. The van der Waals surface area contributed by atoms with Gasteiger partial charge in [-0.05, 0) is 45.7 Å². The first kappa shape index (κ1) is 19.9. The number of esters is 1. The van der Waals surface area contributed by atoms with Crippen LogP contribution in [0.4, 0.5) is 0 Å². The molecule has 31 heavy (non-hydrogen) atoms. The highest BCUT2D eigenvalue weighted by Gasteiger charge is 2.12. The number of nitrogens with zero attached hydrogens (tertiary/aromatic N) is 1. The molecule has 4 nitrogen and oxygen atoms in total. The molecule has 0 aliphatic carbocycles. The lowest BCUT2D eigenvalue weighted by atomic mass is 9.92. The summed E-state index contributed by atoms with van der Waals surface area (Å²) >= 11 is 0. The van der Waals surface area contributed by atoms with Crippen molar-refractivity contribution < 1.29 is 13.9 Å². The van der Waals surface area contributed by atoms with Crippen molar-refractivity contribution in [3.63, 3.8) is 0 Å². The number of rotatable bonds is 5. The first-order valence-corrected chi connectivity index (χ1v) is 9.75. The topological polar surface area (TPSA) is 63.2 Å². The summed E-state index contributed by atoms with van der Waals surface area (Å²) in [5, 5.41) is 11.5. The molecule has 0 fully saturated rings. The second kappa shape index (κ2) is 8.98. The van der Waals surface area contributed by atoms with Gasteiger partial charge in [0.15, 0.2) is 0 Å². The molecular weight excluding hydrogens is 386 g/mol. The van der Waals surface area contributed by atoms with Gasteiger partial charge in [-0.1, -0.05) is 72.8 Å². The van der Waals surface area contributed by atoms with Gasteiger partial charge < -0.3 is 9.15 Å². The van der Waals surface area contributed by atoms with E-state index in [2.05, 4.69) is 41.1 Å². The normalized spacial score (nSPS) is 11.9. The van der Waals surface area contributed by atoms with E-state index >= 15 is 0 Å². The second-order valence-electron chi connectivity index (χ2n) is 6.85. The number of hydrogen-bond donors (Lipinski definition) is 0. The number of benzene rings is 3. The molecule has 4 rings (SSSR count). The summed E-state index contributed by atoms with van der Waals surface area (Å²) in [6.45, 7) is 0. The van der Waals surface area contributed by atoms with E-state index in [4.69, 9.17) is 9.68 Å². The van der Waals surface area contributed by atoms with E-state index in [-0.39, 0.29) is 5.57 Å². The Hall–Kier alpha value is -4.36. The zero-order chi connectivity index (χ0) is 21.6. The molecular formula is C27H19NO3. The van der Waals surface area contributed by atoms with Crippen molar-refractivity contribution in [3.8, 4) is 6.07 Å². The Morgan fingerprint density at radius 3 is 2.29 bits per heavy atom. The van der Waals surface area contributed by atoms with Crippen molar-refractivity contribution in [1.29, 1.82) is 5.26 Å². The standard InChI is InChI=1S/C27H19NO3/c1-30-27(29)21(18-28)16-22-14-15-23(31-22)17-26(20-8-3-2-4-9-20)25-13-7-11-19-10-5-6-12-24(19)25/h2-17H,1H3/b21-16+,26-17+. The molecule has 0 spiro atoms. The minimum atomic E-state index is -0.697. The van der Waals surface area contributed by atoms with Gasteiger partial charge in [0.25, 0.3) is 0 Å². The van der Waals surface area contributed by atoms with Gasteiger partial charge in [-0.25, -0.2) is 4.79 Å². The number of carbonyl (C=O) groups excluding carboxylic acids is 1. The molecule has 0 saturated heterocycles. The number of carbonyl (C=O) groups is 1. The van der Waals surface area contributed by atoms with Crippen LogP contribution in [0.2, 0.25) is 0 Å². The van der Waals surface area contributed by atoms with Crippen molar-refractivity contribution in [2.75, 3.05) is 7.11 Å². The smallest absolute Gasteiger partial charge is 0.348 e. The van der Waals surface area contributed by atoms with Crippen molar-refractivity contribution in [3.05, 3.63) is 113 Å². The van der Waals surface area contributed by atoms with Crippen LogP contribution in [0, 0.1) is 11.3 Å². The third kappa shape index (κ3) is 4.31. The molecule has 0 aliphatic heterocycles. The van der Waals surface area contributed by atoms with Gasteiger partial charge in [0.1, 0.15) is 23.2 Å². The Bertz CT molecular complexity index is 1330. The number of ether oxygens (including phenoxy) is 1. The first-order valence-electron chi connectivity index (χ1n) is 9.75. The Kier molecular flexibility index (Phi) is 5.77. The number of nitriles is 1. The Labute approximate surface area is 180 Å². The lowest BCUT2D eigenvalue weighted by Crippen LogP contribution is -2.02. The van der Waals surface area contributed by atoms with Crippen LogP contribution in [0.1, 0.15) is 22.6 Å². The van der Waals surface area contributed by atoms with Crippen LogP contribution in [-0.4, -0.2) is 13.1 Å². The van der Waals surface area contributed by atoms with Crippen LogP contribution in [0.3, 0.4) is 0 Å². The quantitative estimate of drug-likeness (QED) is 0.229. The van der Waals surface area contributed by atoms with Gasteiger partial charge in [0.2, 0.25) is 0 Å². The first-order chi connectivity index (χ1) is 15.2. The molecule has 0 N–H and O–H groups in total. The molecule has 0 radical (unpaired) electrons. The SMILES string of the molecule is COC(=O)/C(C#N)=C/c1ccc(/C=C(\c2ccccc2)c2cccc3ccccc23)o1. The van der Waals surface area contributed by atoms with E-state index in [0.717, 1.165) is 27.5 Å². The summed E-state index contributed by atoms with van der Waals surface area (Å²) in [6.07, 6.45) is 3.35. The predicted octanol–water partition coefficient (Wildman–Crippen LogP) is 6.10. The molecule has 0 atom stereocenters. The van der Waals surface area contributed by atoms with Gasteiger partial charge in [0, 0.05) is 6.08 Å². The van der Waals surface area contributed by atoms with Gasteiger partial charge >= 0.3 is 5.97 Å². The highest BCUT2D eigenvalue weighted by Crippen LogP contribution is 2.32. The minimum Gasteiger partial charge on any atom is -0.465 e. The molecule has 4 aromatic rings. The molecule has 0 unspecified atom stereocenters. The van der Waals surface area contributed by atoms with Gasteiger partial charge in [-0.15, -0.1) is 0 Å². The molecule has 1 aromatic heterocycles. The van der Waals surface area contributed by atoms with Crippen LogP contribution >= 0.6 is 0 Å². The zero-order valence-corrected chi connectivity index (χ0v) is 16.9. The zero-order valence-electron chi connectivity index (χ0n) is 16.9. The maximum absolute atomic E-state index is 11.7. The fourth-order valence-electron chi connectivity index (χ4n) is 3.45. The lowest BCUT2D eigenvalue weighted by molar-refractivity contribution is -0.135. The third-order valence-electron chi connectivity index (χ3n) is 4.91. The fraction of sp³-hybridized carbons (Fsp3) is 0.0370. The average molecular weight is 405 g/mol. The molecule has 0 aliphatic rings. The van der Waals surface area contributed by atoms with Crippen LogP contribution < -0.4 is 0 Å². The van der Waals surface area contributed by atoms with Crippen molar-refractivity contribution >= 4 is 34.5 Å². The molecule has 0 amide bonds. The highest BCUT2D eigenvalue weighted by atomic mass is 16.5. The Balaban J connectivity index is 1.83. The third-order valence-corrected chi connectivity index (χ3v) is 4.91. The van der Waals surface area contributed by atoms with E-state index in [1.54, 1.807) is 6.07 Å². The van der Waals surface area contributed by atoms with E-state index in [9.17, 15) is 4.79 Å². The van der Waals surface area contributed by atoms with E-state index < -0.39 is 5.97 Å². The minimum absolute atomic E-state index is 0.121. The monoisotopic (exact) mass is 405 g/mol. The summed E-state index contributed by atoms with van der Waals surface area (Å²) in [5.74, 6) is 0.315. The van der Waals surface area contributed by atoms with Crippen LogP contribution in [0.15, 0.2) is 94.9 Å². The molecule has 150 valence electrons. The van der Waals surface area contributed by atoms with Crippen molar-refractivity contribution in [2.24, 2.45) is 0 Å². The summed E-state index contributed by atoms with van der Waals surface area (Å²) in [4.78, 5) is 11.7. The predicted molar refractivity (Wildman–Crippen MR) is 122 cm³/mol. The molecule has 0 saturated carbocycles. The second-order valence-corrected chi connectivity index (χ2v) is 6.85. The number of methoxy groups -OCH3 is 1. The molecule has 1 heterocycles. The van der Waals surface area contributed by atoms with E-state index in [1.807, 2.05) is 54.6 Å². The molecule has 0 bridgehead atoms. The Morgan fingerprint density at radius 2 is 1.55 bits per heavy atom. The van der Waals surface area contributed by atoms with E-state index in [0.29, 0.717) is 11.5 Å². The molecule has 4 heteroatoms. The number of hydrogen-bond acceptors (Lipinski definition) is 4. The summed E-state index contributed by atoms with van der Waals surface area (Å²) in [7, 11) is 1.24. The highest BCUT2D eigenvalue weighted by molar-refractivity contribution is 6.02. The van der Waals surface area contributed by atoms with Crippen LogP contribution in [-0.2, 0) is 9.53 Å². The van der Waals surface area contributed by atoms with E-state index in [1.165, 1.54) is 13.2 Å². The summed E-state index contributed by atoms with van der Waals surface area (Å²) in [5.41, 5.74) is 3.03. The van der Waals surface area contributed by atoms with Crippen LogP contribution in [0.5, 0.6) is 0 Å². The van der Waals surface area contributed by atoms with Crippen molar-refractivity contribution in [1.82, 2.24) is 0 Å². The van der Waals surface area contributed by atoms with Crippen LogP contribution in [0.25, 0.3) is 28.5 Å². The average Bonchev–Trinajstić information content (AvgIpc) is 3.28. The number of fused-ring (bicyclic) bond motifs is 1. The maximum Gasteiger partial charge on any atom is 0.348 e. The number of furan rings is 1. The van der Waals surface area contributed by atoms with Gasteiger partial charge in [-0.2, -0.15) is 5.26 Å². The van der Waals surface area contributed by atoms with Crippen molar-refractivity contribution in [2.45, 2.75) is 0 Å². The summed E-state index contributed by atoms with van der Waals surface area (Å²) < 4.78 is 10.5. The lowest BCUT2D eigenvalue weighted by Gasteiger charge is -2.11.